The van der Waals surface area contributed by atoms with Crippen molar-refractivity contribution in [3.8, 4) is 0 Å². The lowest BCUT2D eigenvalue weighted by Gasteiger charge is -2.21. The smallest absolute Gasteiger partial charge is 0.325 e. The highest BCUT2D eigenvalue weighted by Gasteiger charge is 2.23. The molecule has 116 valence electrons. The third-order valence-corrected chi connectivity index (χ3v) is 3.65. The zero-order chi connectivity index (χ0) is 16.2. The first-order chi connectivity index (χ1) is 9.70. The highest BCUT2D eigenvalue weighted by Crippen LogP contribution is 2.30. The third-order valence-electron chi connectivity index (χ3n) is 2.74. The second kappa shape index (κ2) is 6.50. The zero-order valence-electron chi connectivity index (χ0n) is 11.5. The van der Waals surface area contributed by atoms with E-state index in [1.165, 1.54) is 18.1 Å². The summed E-state index contributed by atoms with van der Waals surface area (Å²) in [7, 11) is -2.85. The molecule has 1 aromatic carbocycles. The fraction of sp³-hybridized carbons (Fsp3) is 0.364. The van der Waals surface area contributed by atoms with Gasteiger partial charge in [-0.1, -0.05) is 0 Å². The molecule has 1 aromatic rings. The monoisotopic (exact) mass is 317 g/mol. The molecule has 0 fully saturated rings. The van der Waals surface area contributed by atoms with Crippen LogP contribution in [-0.2, 0) is 19.6 Å². The number of anilines is 1. The van der Waals surface area contributed by atoms with Gasteiger partial charge in [0.15, 0.2) is 0 Å². The fourth-order valence-corrected chi connectivity index (χ4v) is 2.22. The van der Waals surface area contributed by atoms with Crippen molar-refractivity contribution in [1.82, 2.24) is 0 Å². The Hall–Kier alpha value is -2.20. The van der Waals surface area contributed by atoms with Crippen LogP contribution in [0.1, 0.15) is 6.92 Å². The van der Waals surface area contributed by atoms with Gasteiger partial charge in [0, 0.05) is 12.6 Å². The topological polar surface area (TPSA) is 133 Å². The van der Waals surface area contributed by atoms with Crippen LogP contribution in [0.3, 0.4) is 0 Å². The van der Waals surface area contributed by atoms with Crippen molar-refractivity contribution in [2.24, 2.45) is 5.14 Å². The highest BCUT2D eigenvalue weighted by molar-refractivity contribution is 7.89. The number of sulfonamides is 1. The van der Waals surface area contributed by atoms with E-state index >= 15 is 0 Å². The number of esters is 1. The van der Waals surface area contributed by atoms with E-state index in [1.54, 1.807) is 6.92 Å². The molecule has 2 N–H and O–H groups in total. The molecule has 0 aliphatic carbocycles. The van der Waals surface area contributed by atoms with Crippen LogP contribution >= 0.6 is 0 Å². The average molecular weight is 317 g/mol. The number of likely N-dealkylation sites (N-methyl/N-ethyl adjacent to an activating group) is 1. The van der Waals surface area contributed by atoms with Crippen LogP contribution < -0.4 is 10.0 Å². The van der Waals surface area contributed by atoms with E-state index in [1.807, 2.05) is 0 Å². The van der Waals surface area contributed by atoms with Gasteiger partial charge < -0.3 is 9.64 Å². The first-order valence-electron chi connectivity index (χ1n) is 5.83. The largest absolute Gasteiger partial charge is 0.468 e. The summed E-state index contributed by atoms with van der Waals surface area (Å²) in [6, 6.07) is 3.26. The number of primary sulfonamides is 1. The predicted molar refractivity (Wildman–Crippen MR) is 74.4 cm³/mol. The van der Waals surface area contributed by atoms with Crippen molar-refractivity contribution < 1.29 is 22.9 Å². The molecular formula is C11H15N3O6S. The van der Waals surface area contributed by atoms with E-state index in [9.17, 15) is 23.3 Å². The number of carbonyl (C=O) groups excluding carboxylic acids is 1. The summed E-state index contributed by atoms with van der Waals surface area (Å²) in [6.07, 6.45) is 0. The third kappa shape index (κ3) is 4.13. The molecule has 0 bridgehead atoms. The van der Waals surface area contributed by atoms with Gasteiger partial charge in [-0.3, -0.25) is 14.9 Å². The Balaban J connectivity index is 3.34. The summed E-state index contributed by atoms with van der Waals surface area (Å²) in [6.45, 7) is 1.80. The zero-order valence-corrected chi connectivity index (χ0v) is 12.3. The minimum Gasteiger partial charge on any atom is -0.468 e. The maximum Gasteiger partial charge on any atom is 0.325 e. The predicted octanol–water partition coefficient (Wildman–Crippen LogP) is 0.242. The van der Waals surface area contributed by atoms with Gasteiger partial charge in [-0.05, 0) is 19.1 Å². The number of nitrogens with zero attached hydrogens (tertiary/aromatic N) is 2. The van der Waals surface area contributed by atoms with Crippen molar-refractivity contribution in [2.45, 2.75) is 11.8 Å². The Morgan fingerprint density at radius 1 is 1.48 bits per heavy atom. The van der Waals surface area contributed by atoms with E-state index in [2.05, 4.69) is 4.74 Å². The Labute approximate surface area is 121 Å². The van der Waals surface area contributed by atoms with E-state index in [0.29, 0.717) is 6.54 Å². The van der Waals surface area contributed by atoms with Crippen LogP contribution in [0.4, 0.5) is 11.4 Å². The number of nitro benzene ring substituents is 1. The van der Waals surface area contributed by atoms with Gasteiger partial charge in [0.25, 0.3) is 5.69 Å². The molecule has 21 heavy (non-hydrogen) atoms. The Morgan fingerprint density at radius 2 is 2.10 bits per heavy atom. The number of benzene rings is 1. The Kier molecular flexibility index (Phi) is 5.22. The van der Waals surface area contributed by atoms with Gasteiger partial charge in [-0.2, -0.15) is 0 Å². The van der Waals surface area contributed by atoms with Crippen LogP contribution in [0.25, 0.3) is 0 Å². The van der Waals surface area contributed by atoms with Crippen molar-refractivity contribution in [3.05, 3.63) is 28.3 Å². The molecule has 9 nitrogen and oxygen atoms in total. The van der Waals surface area contributed by atoms with E-state index in [0.717, 1.165) is 12.1 Å². The van der Waals surface area contributed by atoms with Crippen molar-refractivity contribution in [3.63, 3.8) is 0 Å². The van der Waals surface area contributed by atoms with Gasteiger partial charge >= 0.3 is 5.97 Å². The van der Waals surface area contributed by atoms with Gasteiger partial charge in [-0.15, -0.1) is 0 Å². The molecule has 0 unspecified atom stereocenters. The van der Waals surface area contributed by atoms with E-state index < -0.39 is 26.6 Å². The minimum absolute atomic E-state index is 0.111. The summed E-state index contributed by atoms with van der Waals surface area (Å²) in [5.41, 5.74) is -0.340. The normalized spacial score (nSPS) is 11.0. The number of ether oxygens (including phenoxy) is 1. The molecule has 0 aromatic heterocycles. The number of rotatable bonds is 6. The molecule has 1 rings (SSSR count). The number of methoxy groups -OCH3 is 1. The number of nitro groups is 1. The van der Waals surface area contributed by atoms with Crippen LogP contribution in [0.5, 0.6) is 0 Å². The van der Waals surface area contributed by atoms with E-state index in [4.69, 9.17) is 5.14 Å². The molecule has 0 atom stereocenters. The quantitative estimate of drug-likeness (QED) is 0.451. The van der Waals surface area contributed by atoms with Gasteiger partial charge in [0.1, 0.15) is 12.2 Å². The maximum absolute atomic E-state index is 11.3. The molecular weight excluding hydrogens is 302 g/mol. The number of nitrogens with two attached hydrogens (primary N) is 1. The fourth-order valence-electron chi connectivity index (χ4n) is 1.68. The van der Waals surface area contributed by atoms with Crippen LogP contribution in [0.15, 0.2) is 23.1 Å². The number of hydrogen-bond donors (Lipinski definition) is 1. The first-order valence-corrected chi connectivity index (χ1v) is 7.38. The number of carbonyl (C=O) groups is 1. The molecule has 0 amide bonds. The summed E-state index contributed by atoms with van der Waals surface area (Å²) < 4.78 is 27.0. The minimum atomic E-state index is -4.05. The van der Waals surface area contributed by atoms with Crippen LogP contribution in [0.2, 0.25) is 0 Å². The summed E-state index contributed by atoms with van der Waals surface area (Å²) in [5.74, 6) is -0.568. The summed E-state index contributed by atoms with van der Waals surface area (Å²) >= 11 is 0. The molecule has 0 aliphatic heterocycles. The molecule has 0 aliphatic rings. The second-order valence-corrected chi connectivity index (χ2v) is 5.60. The molecule has 0 saturated carbocycles. The lowest BCUT2D eigenvalue weighted by atomic mass is 10.2. The molecule has 0 radical (unpaired) electrons. The summed E-state index contributed by atoms with van der Waals surface area (Å²) in [4.78, 5) is 22.7. The van der Waals surface area contributed by atoms with Gasteiger partial charge in [0.05, 0.1) is 16.9 Å². The van der Waals surface area contributed by atoms with Gasteiger partial charge in [0.2, 0.25) is 10.0 Å². The van der Waals surface area contributed by atoms with Gasteiger partial charge in [-0.25, -0.2) is 13.6 Å². The Bertz CT molecular complexity index is 658. The van der Waals surface area contributed by atoms with Crippen molar-refractivity contribution >= 4 is 27.4 Å². The highest BCUT2D eigenvalue weighted by atomic mass is 32.2. The van der Waals surface area contributed by atoms with Crippen LogP contribution in [0, 0.1) is 10.1 Å². The lowest BCUT2D eigenvalue weighted by Crippen LogP contribution is -2.30. The standard InChI is InChI=1S/C11H15N3O6S/c1-3-13(7-11(15)20-2)9-5-4-8(21(12,18)19)6-10(9)14(16)17/h4-6H,3,7H2,1-2H3,(H2,12,18,19). The SMILES string of the molecule is CCN(CC(=O)OC)c1ccc(S(N)(=O)=O)cc1[N+](=O)[O-]. The molecule has 10 heteroatoms. The first kappa shape index (κ1) is 16.9. The van der Waals surface area contributed by atoms with E-state index in [-0.39, 0.29) is 17.1 Å². The Morgan fingerprint density at radius 3 is 2.52 bits per heavy atom. The van der Waals surface area contributed by atoms with Crippen molar-refractivity contribution in [2.75, 3.05) is 25.1 Å². The van der Waals surface area contributed by atoms with Crippen LogP contribution in [-0.4, -0.2) is 39.5 Å². The average Bonchev–Trinajstić information content (AvgIpc) is 2.42. The molecule has 0 heterocycles. The second-order valence-electron chi connectivity index (χ2n) is 4.04. The molecule has 0 spiro atoms. The lowest BCUT2D eigenvalue weighted by molar-refractivity contribution is -0.384. The molecule has 0 saturated heterocycles. The maximum atomic E-state index is 11.3. The number of hydrogen-bond acceptors (Lipinski definition) is 7. The summed E-state index contributed by atoms with van der Waals surface area (Å²) in [5, 5.41) is 16.1. The van der Waals surface area contributed by atoms with Crippen molar-refractivity contribution in [1.29, 1.82) is 0 Å².